The molecule has 4 rings (SSSR count). The summed E-state index contributed by atoms with van der Waals surface area (Å²) in [7, 11) is 3.85. The SMILES string of the molecule is CCc1cc2c(NC[C@@H]3CC(=O)N(C)[C@H]3c3c(C)nn(C)c3C)ncnc2s1. The first kappa shape index (κ1) is 18.9. The Balaban J connectivity index is 1.62. The fourth-order valence-electron chi connectivity index (χ4n) is 4.23. The van der Waals surface area contributed by atoms with Crippen molar-refractivity contribution < 1.29 is 4.79 Å². The molecule has 0 unspecified atom stereocenters. The number of carbonyl (C=O) groups is 1. The molecule has 1 saturated heterocycles. The summed E-state index contributed by atoms with van der Waals surface area (Å²) >= 11 is 1.71. The fourth-order valence-corrected chi connectivity index (χ4v) is 5.17. The van der Waals surface area contributed by atoms with Gasteiger partial charge in [0.05, 0.1) is 17.1 Å². The molecule has 8 heteroatoms. The van der Waals surface area contributed by atoms with Gasteiger partial charge in [0.15, 0.2) is 0 Å². The fraction of sp³-hybridized carbons (Fsp3) is 0.500. The van der Waals surface area contributed by atoms with Crippen molar-refractivity contribution in [1.29, 1.82) is 0 Å². The molecule has 4 heterocycles. The van der Waals surface area contributed by atoms with Crippen LogP contribution in [-0.2, 0) is 18.3 Å². The number of carbonyl (C=O) groups excluding carboxylic acids is 1. The number of nitrogens with zero attached hydrogens (tertiary/aromatic N) is 5. The van der Waals surface area contributed by atoms with Crippen molar-refractivity contribution in [1.82, 2.24) is 24.6 Å². The Morgan fingerprint density at radius 2 is 2.07 bits per heavy atom. The third-order valence-electron chi connectivity index (χ3n) is 5.82. The van der Waals surface area contributed by atoms with Gasteiger partial charge in [0.2, 0.25) is 5.91 Å². The molecule has 3 aromatic heterocycles. The molecule has 148 valence electrons. The summed E-state index contributed by atoms with van der Waals surface area (Å²) in [6.45, 7) is 6.92. The molecular formula is C20H26N6OS. The number of rotatable bonds is 5. The third-order valence-corrected chi connectivity index (χ3v) is 7.00. The Morgan fingerprint density at radius 3 is 2.75 bits per heavy atom. The van der Waals surface area contributed by atoms with Crippen LogP contribution in [0.15, 0.2) is 12.4 Å². The number of thiophene rings is 1. The number of likely N-dealkylation sites (tertiary alicyclic amines) is 1. The van der Waals surface area contributed by atoms with E-state index in [1.807, 2.05) is 30.6 Å². The molecular weight excluding hydrogens is 372 g/mol. The minimum Gasteiger partial charge on any atom is -0.369 e. The van der Waals surface area contributed by atoms with Crippen LogP contribution >= 0.6 is 11.3 Å². The van der Waals surface area contributed by atoms with E-state index in [0.717, 1.165) is 33.8 Å². The summed E-state index contributed by atoms with van der Waals surface area (Å²) in [6.07, 6.45) is 3.13. The lowest BCUT2D eigenvalue weighted by Gasteiger charge is -2.26. The van der Waals surface area contributed by atoms with E-state index in [4.69, 9.17) is 0 Å². The second kappa shape index (κ2) is 7.16. The van der Waals surface area contributed by atoms with E-state index in [-0.39, 0.29) is 17.9 Å². The molecule has 0 saturated carbocycles. The smallest absolute Gasteiger partial charge is 0.223 e. The van der Waals surface area contributed by atoms with E-state index < -0.39 is 0 Å². The number of amides is 1. The molecule has 0 bridgehead atoms. The number of aromatic nitrogens is 4. The second-order valence-electron chi connectivity index (χ2n) is 7.51. The first-order valence-electron chi connectivity index (χ1n) is 9.63. The second-order valence-corrected chi connectivity index (χ2v) is 8.63. The standard InChI is InChI=1S/C20H26N6OS/c1-6-14-8-15-19(22-10-23-20(15)28-14)21-9-13-7-16(27)25(4)18(13)17-11(2)24-26(5)12(17)3/h8,10,13,18H,6-7,9H2,1-5H3,(H,21,22,23)/t13-,18+/m0/s1. The van der Waals surface area contributed by atoms with E-state index in [1.54, 1.807) is 17.7 Å². The first-order valence-corrected chi connectivity index (χ1v) is 10.4. The van der Waals surface area contributed by atoms with E-state index in [9.17, 15) is 4.79 Å². The van der Waals surface area contributed by atoms with Gasteiger partial charge < -0.3 is 10.2 Å². The summed E-state index contributed by atoms with van der Waals surface area (Å²) in [5.74, 6) is 1.19. The van der Waals surface area contributed by atoms with Crippen LogP contribution in [0.3, 0.4) is 0 Å². The van der Waals surface area contributed by atoms with Crippen LogP contribution in [0.25, 0.3) is 10.2 Å². The zero-order chi connectivity index (χ0) is 20.0. The molecule has 0 aliphatic carbocycles. The normalized spacial score (nSPS) is 19.8. The number of hydrogen-bond donors (Lipinski definition) is 1. The van der Waals surface area contributed by atoms with Crippen molar-refractivity contribution in [3.8, 4) is 0 Å². The van der Waals surface area contributed by atoms with Gasteiger partial charge in [0.25, 0.3) is 0 Å². The van der Waals surface area contributed by atoms with Crippen molar-refractivity contribution in [3.63, 3.8) is 0 Å². The Kier molecular flexibility index (Phi) is 4.82. The average molecular weight is 399 g/mol. The van der Waals surface area contributed by atoms with Crippen LogP contribution in [0.4, 0.5) is 5.82 Å². The number of hydrogen-bond acceptors (Lipinski definition) is 6. The van der Waals surface area contributed by atoms with E-state index in [0.29, 0.717) is 13.0 Å². The Morgan fingerprint density at radius 1 is 1.29 bits per heavy atom. The van der Waals surface area contributed by atoms with Crippen molar-refractivity contribution >= 4 is 33.3 Å². The Bertz CT molecular complexity index is 1040. The van der Waals surface area contributed by atoms with Crippen LogP contribution in [-0.4, -0.2) is 44.1 Å². The zero-order valence-electron chi connectivity index (χ0n) is 17.0. The highest BCUT2D eigenvalue weighted by molar-refractivity contribution is 7.18. The molecule has 28 heavy (non-hydrogen) atoms. The molecule has 1 N–H and O–H groups in total. The summed E-state index contributed by atoms with van der Waals surface area (Å²) in [4.78, 5) is 25.5. The summed E-state index contributed by atoms with van der Waals surface area (Å²) in [5, 5.41) is 9.12. The van der Waals surface area contributed by atoms with Gasteiger partial charge in [-0.05, 0) is 26.3 Å². The van der Waals surface area contributed by atoms with E-state index in [2.05, 4.69) is 40.3 Å². The van der Waals surface area contributed by atoms with E-state index >= 15 is 0 Å². The lowest BCUT2D eigenvalue weighted by Crippen LogP contribution is -2.27. The van der Waals surface area contributed by atoms with Gasteiger partial charge in [0, 0.05) is 49.1 Å². The van der Waals surface area contributed by atoms with Gasteiger partial charge in [-0.25, -0.2) is 9.97 Å². The summed E-state index contributed by atoms with van der Waals surface area (Å²) < 4.78 is 1.90. The Labute approximate surface area is 168 Å². The maximum absolute atomic E-state index is 12.5. The topological polar surface area (TPSA) is 75.9 Å². The molecule has 0 radical (unpaired) electrons. The van der Waals surface area contributed by atoms with Crippen molar-refractivity contribution in [2.75, 3.05) is 18.9 Å². The molecule has 0 spiro atoms. The van der Waals surface area contributed by atoms with Crippen LogP contribution in [0.5, 0.6) is 0 Å². The van der Waals surface area contributed by atoms with Crippen molar-refractivity contribution in [2.45, 2.75) is 39.7 Å². The van der Waals surface area contributed by atoms with Gasteiger partial charge in [0.1, 0.15) is 17.0 Å². The maximum atomic E-state index is 12.5. The van der Waals surface area contributed by atoms with E-state index in [1.165, 1.54) is 10.4 Å². The zero-order valence-corrected chi connectivity index (χ0v) is 17.8. The predicted octanol–water partition coefficient (Wildman–Crippen LogP) is 3.24. The van der Waals surface area contributed by atoms with Crippen molar-refractivity contribution in [3.05, 3.63) is 34.2 Å². The molecule has 7 nitrogen and oxygen atoms in total. The predicted molar refractivity (Wildman–Crippen MR) is 112 cm³/mol. The van der Waals surface area contributed by atoms with Crippen LogP contribution in [0.2, 0.25) is 0 Å². The average Bonchev–Trinajstić information content (AvgIpc) is 3.29. The highest BCUT2D eigenvalue weighted by Crippen LogP contribution is 2.40. The third kappa shape index (κ3) is 3.05. The lowest BCUT2D eigenvalue weighted by molar-refractivity contribution is -0.127. The van der Waals surface area contributed by atoms with Gasteiger partial charge in [-0.2, -0.15) is 5.10 Å². The van der Waals surface area contributed by atoms with Crippen LogP contribution in [0.1, 0.15) is 41.2 Å². The highest BCUT2D eigenvalue weighted by Gasteiger charge is 2.40. The van der Waals surface area contributed by atoms with Crippen LogP contribution in [0, 0.1) is 19.8 Å². The van der Waals surface area contributed by atoms with Gasteiger partial charge in [-0.1, -0.05) is 6.92 Å². The minimum absolute atomic E-state index is 0.0275. The summed E-state index contributed by atoms with van der Waals surface area (Å²) in [5.41, 5.74) is 3.27. The monoisotopic (exact) mass is 398 g/mol. The summed E-state index contributed by atoms with van der Waals surface area (Å²) in [6, 6.07) is 2.20. The number of anilines is 1. The lowest BCUT2D eigenvalue weighted by atomic mass is 9.92. The first-order chi connectivity index (χ1) is 13.4. The van der Waals surface area contributed by atoms with Gasteiger partial charge >= 0.3 is 0 Å². The largest absolute Gasteiger partial charge is 0.369 e. The molecule has 1 amide bonds. The molecule has 0 aromatic carbocycles. The molecule has 3 aromatic rings. The minimum atomic E-state index is 0.0275. The molecule has 1 fully saturated rings. The van der Waals surface area contributed by atoms with Gasteiger partial charge in [-0.15, -0.1) is 11.3 Å². The molecule has 1 aliphatic rings. The number of nitrogens with one attached hydrogen (secondary N) is 1. The number of fused-ring (bicyclic) bond motifs is 1. The number of aryl methyl sites for hydroxylation is 3. The van der Waals surface area contributed by atoms with Crippen molar-refractivity contribution in [2.24, 2.45) is 13.0 Å². The van der Waals surface area contributed by atoms with Crippen LogP contribution < -0.4 is 5.32 Å². The maximum Gasteiger partial charge on any atom is 0.223 e. The molecule has 2 atom stereocenters. The Hall–Kier alpha value is -2.48. The highest BCUT2D eigenvalue weighted by atomic mass is 32.1. The van der Waals surface area contributed by atoms with Gasteiger partial charge in [-0.3, -0.25) is 9.48 Å². The molecule has 1 aliphatic heterocycles. The quantitative estimate of drug-likeness (QED) is 0.714.